The molecule has 2 aromatic carbocycles. The van der Waals surface area contributed by atoms with Crippen LogP contribution in [-0.4, -0.2) is 15.0 Å². The fourth-order valence-electron chi connectivity index (χ4n) is 1.87. The number of benzene rings is 2. The van der Waals surface area contributed by atoms with E-state index in [2.05, 4.69) is 4.98 Å². The minimum atomic E-state index is -0.496. The summed E-state index contributed by atoms with van der Waals surface area (Å²) in [7, 11) is 0. The van der Waals surface area contributed by atoms with Gasteiger partial charge < -0.3 is 14.3 Å². The van der Waals surface area contributed by atoms with E-state index in [0.717, 1.165) is 0 Å². The van der Waals surface area contributed by atoms with E-state index in [4.69, 9.17) is 9.15 Å². The van der Waals surface area contributed by atoms with Gasteiger partial charge in [-0.3, -0.25) is 10.1 Å². The number of fused-ring (bicyclic) bond motifs is 1. The SMILES string of the molecule is O=[N+]([O-])c1cccc(OCc2nc3c(O)cccc3o2)c1. The molecule has 0 aliphatic heterocycles. The summed E-state index contributed by atoms with van der Waals surface area (Å²) >= 11 is 0. The summed E-state index contributed by atoms with van der Waals surface area (Å²) in [5.74, 6) is 0.645. The molecule has 0 bridgehead atoms. The molecule has 3 rings (SSSR count). The number of rotatable bonds is 4. The lowest BCUT2D eigenvalue weighted by Gasteiger charge is -2.02. The lowest BCUT2D eigenvalue weighted by atomic mass is 10.3. The number of ether oxygens (including phenoxy) is 1. The van der Waals surface area contributed by atoms with Gasteiger partial charge in [-0.1, -0.05) is 12.1 Å². The Balaban J connectivity index is 1.78. The van der Waals surface area contributed by atoms with E-state index in [-0.39, 0.29) is 23.9 Å². The molecule has 7 nitrogen and oxygen atoms in total. The number of hydrogen-bond acceptors (Lipinski definition) is 6. The highest BCUT2D eigenvalue weighted by Gasteiger charge is 2.11. The van der Waals surface area contributed by atoms with Gasteiger partial charge in [0.05, 0.1) is 11.0 Å². The molecule has 1 aromatic heterocycles. The zero-order valence-electron chi connectivity index (χ0n) is 10.7. The van der Waals surface area contributed by atoms with Crippen LogP contribution in [0.3, 0.4) is 0 Å². The normalized spacial score (nSPS) is 10.7. The van der Waals surface area contributed by atoms with Gasteiger partial charge in [-0.05, 0) is 18.2 Å². The Morgan fingerprint density at radius 2 is 2.10 bits per heavy atom. The molecule has 0 fully saturated rings. The summed E-state index contributed by atoms with van der Waals surface area (Å²) < 4.78 is 10.8. The fraction of sp³-hybridized carbons (Fsp3) is 0.0714. The van der Waals surface area contributed by atoms with E-state index < -0.39 is 4.92 Å². The van der Waals surface area contributed by atoms with Crippen molar-refractivity contribution < 1.29 is 19.2 Å². The second-order valence-electron chi connectivity index (χ2n) is 4.27. The maximum absolute atomic E-state index is 10.7. The van der Waals surface area contributed by atoms with Crippen LogP contribution in [0.5, 0.6) is 11.5 Å². The summed E-state index contributed by atoms with van der Waals surface area (Å²) in [4.78, 5) is 14.3. The number of para-hydroxylation sites is 1. The van der Waals surface area contributed by atoms with Gasteiger partial charge >= 0.3 is 0 Å². The smallest absolute Gasteiger partial charge is 0.273 e. The number of phenols is 1. The summed E-state index contributed by atoms with van der Waals surface area (Å²) in [6.45, 7) is 0.00921. The van der Waals surface area contributed by atoms with Crippen LogP contribution >= 0.6 is 0 Å². The summed E-state index contributed by atoms with van der Waals surface area (Å²) in [6.07, 6.45) is 0. The van der Waals surface area contributed by atoms with E-state index >= 15 is 0 Å². The monoisotopic (exact) mass is 286 g/mol. The topological polar surface area (TPSA) is 98.6 Å². The van der Waals surface area contributed by atoms with Crippen molar-refractivity contribution in [2.75, 3.05) is 0 Å². The summed E-state index contributed by atoms with van der Waals surface area (Å²) in [5, 5.41) is 20.3. The minimum absolute atomic E-state index is 0.00921. The maximum atomic E-state index is 10.7. The largest absolute Gasteiger partial charge is 0.506 e. The molecule has 0 radical (unpaired) electrons. The standard InChI is InChI=1S/C14H10N2O5/c17-11-5-2-6-12-14(11)15-13(21-12)8-20-10-4-1-3-9(7-10)16(18)19/h1-7,17H,8H2. The van der Waals surface area contributed by atoms with Gasteiger partial charge in [0.1, 0.15) is 11.5 Å². The maximum Gasteiger partial charge on any atom is 0.273 e. The molecule has 0 aliphatic carbocycles. The first-order valence-corrected chi connectivity index (χ1v) is 6.08. The molecule has 0 spiro atoms. The zero-order chi connectivity index (χ0) is 14.8. The van der Waals surface area contributed by atoms with E-state index in [0.29, 0.717) is 16.8 Å². The van der Waals surface area contributed by atoms with Gasteiger partial charge in [-0.25, -0.2) is 4.98 Å². The first kappa shape index (κ1) is 12.9. The molecule has 21 heavy (non-hydrogen) atoms. The van der Waals surface area contributed by atoms with Crippen LogP contribution in [0.15, 0.2) is 46.9 Å². The van der Waals surface area contributed by atoms with Crippen molar-refractivity contribution in [3.05, 3.63) is 58.5 Å². The Bertz CT molecular complexity index is 812. The third-order valence-corrected chi connectivity index (χ3v) is 2.83. The second-order valence-corrected chi connectivity index (χ2v) is 4.27. The van der Waals surface area contributed by atoms with E-state index in [1.807, 2.05) is 0 Å². The minimum Gasteiger partial charge on any atom is -0.506 e. The molecule has 106 valence electrons. The number of aromatic nitrogens is 1. The highest BCUT2D eigenvalue weighted by atomic mass is 16.6. The average Bonchev–Trinajstić information content (AvgIpc) is 2.90. The van der Waals surface area contributed by atoms with Crippen LogP contribution in [-0.2, 0) is 6.61 Å². The van der Waals surface area contributed by atoms with E-state index in [9.17, 15) is 15.2 Å². The Labute approximate surface area is 118 Å². The highest BCUT2D eigenvalue weighted by Crippen LogP contribution is 2.25. The van der Waals surface area contributed by atoms with Crippen molar-refractivity contribution in [1.82, 2.24) is 4.98 Å². The van der Waals surface area contributed by atoms with Gasteiger partial charge in [-0.2, -0.15) is 0 Å². The van der Waals surface area contributed by atoms with Gasteiger partial charge in [0, 0.05) is 6.07 Å². The molecule has 0 amide bonds. The van der Waals surface area contributed by atoms with Crippen molar-refractivity contribution in [3.63, 3.8) is 0 Å². The number of phenolic OH excluding ortho intramolecular Hbond substituents is 1. The second kappa shape index (κ2) is 5.12. The first-order valence-electron chi connectivity index (χ1n) is 6.08. The van der Waals surface area contributed by atoms with Gasteiger partial charge in [0.25, 0.3) is 5.69 Å². The molecule has 0 saturated carbocycles. The van der Waals surface area contributed by atoms with Crippen LogP contribution in [0.2, 0.25) is 0 Å². The van der Waals surface area contributed by atoms with Crippen LogP contribution in [0, 0.1) is 10.1 Å². The van der Waals surface area contributed by atoms with Crippen molar-refractivity contribution in [2.45, 2.75) is 6.61 Å². The molecule has 1 N–H and O–H groups in total. The molecule has 3 aromatic rings. The third-order valence-electron chi connectivity index (χ3n) is 2.83. The Hall–Kier alpha value is -3.09. The van der Waals surface area contributed by atoms with Crippen LogP contribution in [0.25, 0.3) is 11.1 Å². The summed E-state index contributed by atoms with van der Waals surface area (Å²) in [6, 6.07) is 10.7. The molecule has 0 saturated heterocycles. The number of oxazole rings is 1. The Kier molecular flexibility index (Phi) is 3.15. The Morgan fingerprint density at radius 1 is 1.29 bits per heavy atom. The zero-order valence-corrected chi connectivity index (χ0v) is 10.7. The highest BCUT2D eigenvalue weighted by molar-refractivity contribution is 5.79. The molecular formula is C14H10N2O5. The number of hydrogen-bond donors (Lipinski definition) is 1. The number of aromatic hydroxyl groups is 1. The van der Waals surface area contributed by atoms with E-state index in [1.165, 1.54) is 24.3 Å². The van der Waals surface area contributed by atoms with Crippen molar-refractivity contribution in [2.24, 2.45) is 0 Å². The molecule has 1 heterocycles. The molecule has 0 aliphatic rings. The third kappa shape index (κ3) is 2.62. The van der Waals surface area contributed by atoms with Crippen LogP contribution in [0.1, 0.15) is 5.89 Å². The molecule has 0 unspecified atom stereocenters. The summed E-state index contributed by atoms with van der Waals surface area (Å²) in [5.41, 5.74) is 0.755. The number of nitro groups is 1. The van der Waals surface area contributed by atoms with Gasteiger partial charge in [0.15, 0.2) is 17.7 Å². The lowest BCUT2D eigenvalue weighted by molar-refractivity contribution is -0.384. The van der Waals surface area contributed by atoms with Crippen LogP contribution in [0.4, 0.5) is 5.69 Å². The number of nitro benzene ring substituents is 1. The van der Waals surface area contributed by atoms with Gasteiger partial charge in [0.2, 0.25) is 5.89 Å². The molecular weight excluding hydrogens is 276 g/mol. The molecule has 7 heteroatoms. The van der Waals surface area contributed by atoms with E-state index in [1.54, 1.807) is 18.2 Å². The molecule has 0 atom stereocenters. The van der Waals surface area contributed by atoms with Crippen LogP contribution < -0.4 is 4.74 Å². The average molecular weight is 286 g/mol. The Morgan fingerprint density at radius 3 is 2.86 bits per heavy atom. The van der Waals surface area contributed by atoms with Crippen molar-refractivity contribution >= 4 is 16.8 Å². The number of nitrogens with zero attached hydrogens (tertiary/aromatic N) is 2. The predicted molar refractivity (Wildman–Crippen MR) is 73.1 cm³/mol. The predicted octanol–water partition coefficient (Wildman–Crippen LogP) is 3.02. The lowest BCUT2D eigenvalue weighted by Crippen LogP contribution is -1.96. The fourth-order valence-corrected chi connectivity index (χ4v) is 1.87. The number of non-ortho nitro benzene ring substituents is 1. The van der Waals surface area contributed by atoms with Gasteiger partial charge in [-0.15, -0.1) is 0 Å². The van der Waals surface area contributed by atoms with Crippen molar-refractivity contribution in [1.29, 1.82) is 0 Å². The first-order chi connectivity index (χ1) is 10.1. The van der Waals surface area contributed by atoms with Crippen molar-refractivity contribution in [3.8, 4) is 11.5 Å². The quantitative estimate of drug-likeness (QED) is 0.584.